The lowest BCUT2D eigenvalue weighted by atomic mass is 9.82. The van der Waals surface area contributed by atoms with Gasteiger partial charge in [0, 0.05) is 39.8 Å². The van der Waals surface area contributed by atoms with E-state index in [4.69, 9.17) is 4.74 Å². The molecule has 0 aliphatic carbocycles. The minimum absolute atomic E-state index is 0.0209. The molecule has 8 aromatic carbocycles. The molecule has 1 aromatic heterocycles. The molecule has 0 radical (unpaired) electrons. The number of para-hydroxylation sites is 3. The smallest absolute Gasteiger partial charge is 0.129 e. The van der Waals surface area contributed by atoms with Crippen LogP contribution in [0.4, 0.5) is 22.7 Å². The van der Waals surface area contributed by atoms with E-state index in [2.05, 4.69) is 259 Å². The highest BCUT2D eigenvalue weighted by molar-refractivity contribution is 6.10. The standard InChI is InChI=1S/C61H59N3O/c1-59(2,3)44-23-16-25-47(36-44)64-54-34-31-45(60(4,5)6)37-52(54)51-33-32-49(39-57(51)64)65-48-26-17-24-46(38-48)62-40-63(56-30-14-13-29-55(56)62)58-50(27-18-28-53(58)61(7,8)9)43-22-15-21-42(35-43)41-19-11-10-12-20-41/h10-39H,40H2,1-9H3. The van der Waals surface area contributed by atoms with Gasteiger partial charge in [0.15, 0.2) is 0 Å². The van der Waals surface area contributed by atoms with Gasteiger partial charge < -0.3 is 19.1 Å². The van der Waals surface area contributed by atoms with Crippen LogP contribution in [-0.4, -0.2) is 11.2 Å². The normalized spacial score (nSPS) is 13.2. The van der Waals surface area contributed by atoms with Crippen molar-refractivity contribution in [1.82, 2.24) is 4.57 Å². The van der Waals surface area contributed by atoms with E-state index < -0.39 is 0 Å². The van der Waals surface area contributed by atoms with Crippen LogP contribution in [0.3, 0.4) is 0 Å². The second kappa shape index (κ2) is 15.9. The molecule has 0 amide bonds. The van der Waals surface area contributed by atoms with Crippen LogP contribution in [0.15, 0.2) is 182 Å². The van der Waals surface area contributed by atoms with Gasteiger partial charge in [-0.25, -0.2) is 0 Å². The average molecular weight is 850 g/mol. The van der Waals surface area contributed by atoms with Gasteiger partial charge >= 0.3 is 0 Å². The Labute approximate surface area is 385 Å². The largest absolute Gasteiger partial charge is 0.457 e. The fourth-order valence-electron chi connectivity index (χ4n) is 9.57. The summed E-state index contributed by atoms with van der Waals surface area (Å²) in [6.45, 7) is 21.3. The van der Waals surface area contributed by atoms with Crippen molar-refractivity contribution in [3.05, 3.63) is 199 Å². The fourth-order valence-corrected chi connectivity index (χ4v) is 9.57. The maximum atomic E-state index is 6.86. The number of aromatic nitrogens is 1. The second-order valence-electron chi connectivity index (χ2n) is 20.8. The monoisotopic (exact) mass is 849 g/mol. The zero-order valence-corrected chi connectivity index (χ0v) is 39.3. The number of benzene rings is 8. The van der Waals surface area contributed by atoms with Gasteiger partial charge in [0.1, 0.15) is 18.2 Å². The quantitative estimate of drug-likeness (QED) is 0.159. The van der Waals surface area contributed by atoms with E-state index in [0.29, 0.717) is 6.67 Å². The van der Waals surface area contributed by atoms with Gasteiger partial charge in [-0.15, -0.1) is 0 Å². The van der Waals surface area contributed by atoms with Gasteiger partial charge in [0.2, 0.25) is 0 Å². The summed E-state index contributed by atoms with van der Waals surface area (Å²) in [5, 5.41) is 2.46. The highest BCUT2D eigenvalue weighted by atomic mass is 16.5. The van der Waals surface area contributed by atoms with E-state index in [0.717, 1.165) is 34.1 Å². The molecule has 1 aliphatic heterocycles. The highest BCUT2D eigenvalue weighted by Gasteiger charge is 2.33. The van der Waals surface area contributed by atoms with Gasteiger partial charge in [0.05, 0.1) is 28.1 Å². The zero-order valence-electron chi connectivity index (χ0n) is 39.3. The summed E-state index contributed by atoms with van der Waals surface area (Å²) in [5.41, 5.74) is 16.8. The Morgan fingerprint density at radius 1 is 0.400 bits per heavy atom. The molecule has 0 bridgehead atoms. The Bertz CT molecular complexity index is 3230. The van der Waals surface area contributed by atoms with Crippen molar-refractivity contribution < 1.29 is 4.74 Å². The molecule has 0 N–H and O–H groups in total. The Kier molecular flexibility index (Phi) is 10.3. The molecule has 2 heterocycles. The number of rotatable bonds is 7. The Morgan fingerprint density at radius 2 is 1.03 bits per heavy atom. The molecule has 0 unspecified atom stereocenters. The molecular formula is C61H59N3O. The number of anilines is 4. The summed E-state index contributed by atoms with van der Waals surface area (Å²) in [6.07, 6.45) is 0. The molecule has 9 aromatic rings. The molecule has 10 rings (SSSR count). The average Bonchev–Trinajstić information content (AvgIpc) is 3.84. The van der Waals surface area contributed by atoms with Crippen LogP contribution >= 0.6 is 0 Å². The van der Waals surface area contributed by atoms with Gasteiger partial charge in [-0.05, 0) is 116 Å². The number of nitrogens with zero attached hydrogens (tertiary/aromatic N) is 3. The fraction of sp³-hybridized carbons (Fsp3) is 0.213. The molecule has 4 heteroatoms. The number of fused-ring (bicyclic) bond motifs is 4. The summed E-state index contributed by atoms with van der Waals surface area (Å²) in [4.78, 5) is 4.93. The predicted octanol–water partition coefficient (Wildman–Crippen LogP) is 17.0. The number of ether oxygens (including phenoxy) is 1. The van der Waals surface area contributed by atoms with Crippen molar-refractivity contribution in [2.45, 2.75) is 78.6 Å². The van der Waals surface area contributed by atoms with Crippen LogP contribution in [0.1, 0.15) is 79.0 Å². The van der Waals surface area contributed by atoms with Crippen molar-refractivity contribution >= 4 is 44.6 Å². The van der Waals surface area contributed by atoms with Crippen LogP contribution in [0.2, 0.25) is 0 Å². The summed E-state index contributed by atoms with van der Waals surface area (Å²) in [7, 11) is 0. The maximum absolute atomic E-state index is 6.86. The first-order chi connectivity index (χ1) is 31.1. The van der Waals surface area contributed by atoms with E-state index in [-0.39, 0.29) is 16.2 Å². The maximum Gasteiger partial charge on any atom is 0.129 e. The highest BCUT2D eigenvalue weighted by Crippen LogP contribution is 2.50. The molecule has 0 saturated heterocycles. The van der Waals surface area contributed by atoms with Gasteiger partial charge in [-0.2, -0.15) is 0 Å². The van der Waals surface area contributed by atoms with Crippen molar-refractivity contribution in [3.8, 4) is 39.4 Å². The van der Waals surface area contributed by atoms with E-state index in [1.165, 1.54) is 66.6 Å². The molecule has 324 valence electrons. The third kappa shape index (κ3) is 7.86. The third-order valence-corrected chi connectivity index (χ3v) is 13.1. The van der Waals surface area contributed by atoms with Crippen molar-refractivity contribution in [2.75, 3.05) is 16.5 Å². The summed E-state index contributed by atoms with van der Waals surface area (Å²) >= 11 is 0. The lowest BCUT2D eigenvalue weighted by Crippen LogP contribution is -2.27. The van der Waals surface area contributed by atoms with E-state index in [1.807, 2.05) is 0 Å². The minimum Gasteiger partial charge on any atom is -0.457 e. The van der Waals surface area contributed by atoms with Gasteiger partial charge in [-0.3, -0.25) is 0 Å². The molecule has 0 saturated carbocycles. The van der Waals surface area contributed by atoms with Crippen LogP contribution in [0.25, 0.3) is 49.7 Å². The van der Waals surface area contributed by atoms with E-state index in [9.17, 15) is 0 Å². The molecule has 1 aliphatic rings. The lowest BCUT2D eigenvalue weighted by molar-refractivity contribution is 0.483. The van der Waals surface area contributed by atoms with E-state index >= 15 is 0 Å². The zero-order chi connectivity index (χ0) is 45.3. The molecule has 4 nitrogen and oxygen atoms in total. The van der Waals surface area contributed by atoms with Crippen LogP contribution < -0.4 is 14.5 Å². The minimum atomic E-state index is -0.102. The van der Waals surface area contributed by atoms with Gasteiger partial charge in [0.25, 0.3) is 0 Å². The summed E-state index contributed by atoms with van der Waals surface area (Å²) in [5.74, 6) is 1.59. The van der Waals surface area contributed by atoms with Crippen LogP contribution in [0.5, 0.6) is 11.5 Å². The first-order valence-electron chi connectivity index (χ1n) is 23.0. The first-order valence-corrected chi connectivity index (χ1v) is 23.0. The Hall–Kier alpha value is -7.04. The topological polar surface area (TPSA) is 20.6 Å². The number of hydrogen-bond acceptors (Lipinski definition) is 3. The molecular weight excluding hydrogens is 791 g/mol. The molecule has 0 spiro atoms. The SMILES string of the molecule is CC(C)(C)c1cccc(-n2c3ccc(C(C)(C)C)cc3c3ccc(Oc4cccc(N5CN(c6c(-c7cccc(-c8ccccc8)c7)cccc6C(C)(C)C)c6ccccc65)c4)cc32)c1. The van der Waals surface area contributed by atoms with Gasteiger partial charge in [-0.1, -0.05) is 165 Å². The van der Waals surface area contributed by atoms with Crippen LogP contribution in [-0.2, 0) is 16.2 Å². The summed E-state index contributed by atoms with van der Waals surface area (Å²) < 4.78 is 9.27. The number of hydrogen-bond donors (Lipinski definition) is 0. The van der Waals surface area contributed by atoms with Crippen molar-refractivity contribution in [1.29, 1.82) is 0 Å². The molecule has 0 atom stereocenters. The molecule has 0 fully saturated rings. The first kappa shape index (κ1) is 41.9. The lowest BCUT2D eigenvalue weighted by Gasteiger charge is -2.32. The Morgan fingerprint density at radius 3 is 1.78 bits per heavy atom. The van der Waals surface area contributed by atoms with E-state index in [1.54, 1.807) is 0 Å². The third-order valence-electron chi connectivity index (χ3n) is 13.1. The van der Waals surface area contributed by atoms with Crippen LogP contribution in [0, 0.1) is 0 Å². The second-order valence-corrected chi connectivity index (χ2v) is 20.8. The Balaban J connectivity index is 1.03. The van der Waals surface area contributed by atoms with Crippen molar-refractivity contribution in [2.24, 2.45) is 0 Å². The predicted molar refractivity (Wildman–Crippen MR) is 276 cm³/mol. The van der Waals surface area contributed by atoms with Crippen molar-refractivity contribution in [3.63, 3.8) is 0 Å². The summed E-state index contributed by atoms with van der Waals surface area (Å²) in [6, 6.07) is 66.4. The molecule has 65 heavy (non-hydrogen) atoms.